The molecule has 3 nitrogen and oxygen atoms in total. The third-order valence-electron chi connectivity index (χ3n) is 2.80. The Hall–Kier alpha value is -1.43. The van der Waals surface area contributed by atoms with Crippen LogP contribution in [-0.2, 0) is 6.42 Å². The Balaban J connectivity index is 2.22. The lowest BCUT2D eigenvalue weighted by atomic mass is 10.0. The minimum atomic E-state index is -0.312. The molecule has 1 atom stereocenters. The molecular formula is C13H15FN2OS. The molecule has 1 unspecified atom stereocenters. The van der Waals surface area contributed by atoms with E-state index in [0.29, 0.717) is 17.7 Å². The maximum atomic E-state index is 13.9. The highest BCUT2D eigenvalue weighted by atomic mass is 32.1. The molecule has 2 rings (SSSR count). The fraction of sp³-hybridized carbons (Fsp3) is 0.231. The highest BCUT2D eigenvalue weighted by Gasteiger charge is 2.15. The molecule has 0 spiro atoms. The van der Waals surface area contributed by atoms with E-state index in [9.17, 15) is 4.39 Å². The van der Waals surface area contributed by atoms with E-state index in [-0.39, 0.29) is 11.9 Å². The zero-order chi connectivity index (χ0) is 13.0. The minimum Gasteiger partial charge on any atom is -0.497 e. The second-order valence-electron chi connectivity index (χ2n) is 3.94. The number of halogens is 1. The second kappa shape index (κ2) is 5.95. The van der Waals surface area contributed by atoms with Crippen molar-refractivity contribution in [1.29, 1.82) is 0 Å². The van der Waals surface area contributed by atoms with Crippen molar-refractivity contribution in [2.45, 2.75) is 12.5 Å². The fourth-order valence-corrected chi connectivity index (χ4v) is 2.50. The van der Waals surface area contributed by atoms with Crippen molar-refractivity contribution in [3.05, 3.63) is 52.0 Å². The van der Waals surface area contributed by atoms with Crippen LogP contribution in [0.25, 0.3) is 0 Å². The van der Waals surface area contributed by atoms with Crippen molar-refractivity contribution in [2.24, 2.45) is 5.84 Å². The second-order valence-corrected chi connectivity index (χ2v) is 4.72. The van der Waals surface area contributed by atoms with Crippen LogP contribution in [0.5, 0.6) is 5.75 Å². The predicted octanol–water partition coefficient (Wildman–Crippen LogP) is 2.64. The van der Waals surface area contributed by atoms with Gasteiger partial charge in [-0.05, 0) is 34.9 Å². The van der Waals surface area contributed by atoms with Crippen molar-refractivity contribution in [3.8, 4) is 5.75 Å². The first-order valence-corrected chi connectivity index (χ1v) is 6.49. The molecule has 3 N–H and O–H groups in total. The number of ether oxygens (including phenoxy) is 1. The van der Waals surface area contributed by atoms with Crippen LogP contribution in [0.4, 0.5) is 4.39 Å². The van der Waals surface area contributed by atoms with Crippen LogP contribution in [-0.4, -0.2) is 7.11 Å². The van der Waals surface area contributed by atoms with Gasteiger partial charge in [0.05, 0.1) is 13.2 Å². The van der Waals surface area contributed by atoms with Gasteiger partial charge in [-0.3, -0.25) is 11.3 Å². The first-order chi connectivity index (χ1) is 8.74. The van der Waals surface area contributed by atoms with E-state index in [1.165, 1.54) is 13.2 Å². The molecule has 0 radical (unpaired) electrons. The van der Waals surface area contributed by atoms with Gasteiger partial charge in [-0.2, -0.15) is 11.3 Å². The quantitative estimate of drug-likeness (QED) is 0.646. The fourth-order valence-electron chi connectivity index (χ4n) is 1.82. The molecule has 18 heavy (non-hydrogen) atoms. The monoisotopic (exact) mass is 266 g/mol. The molecule has 0 aliphatic carbocycles. The standard InChI is InChI=1S/C13H15FN2OS/c1-17-10-2-3-11(12(14)7-10)13(16-15)6-9-4-5-18-8-9/h2-5,7-8,13,16H,6,15H2,1H3. The van der Waals surface area contributed by atoms with Crippen molar-refractivity contribution in [2.75, 3.05) is 7.11 Å². The van der Waals surface area contributed by atoms with Crippen LogP contribution in [0, 0.1) is 5.82 Å². The number of methoxy groups -OCH3 is 1. The summed E-state index contributed by atoms with van der Waals surface area (Å²) in [5, 5.41) is 4.03. The zero-order valence-corrected chi connectivity index (χ0v) is 10.8. The largest absolute Gasteiger partial charge is 0.497 e. The highest BCUT2D eigenvalue weighted by Crippen LogP contribution is 2.24. The van der Waals surface area contributed by atoms with Gasteiger partial charge < -0.3 is 4.74 Å². The lowest BCUT2D eigenvalue weighted by Gasteiger charge is -2.17. The Morgan fingerprint density at radius 1 is 1.44 bits per heavy atom. The highest BCUT2D eigenvalue weighted by molar-refractivity contribution is 7.07. The lowest BCUT2D eigenvalue weighted by molar-refractivity contribution is 0.409. The summed E-state index contributed by atoms with van der Waals surface area (Å²) in [5.41, 5.74) is 4.34. The van der Waals surface area contributed by atoms with E-state index in [4.69, 9.17) is 10.6 Å². The van der Waals surface area contributed by atoms with Gasteiger partial charge >= 0.3 is 0 Å². The number of benzene rings is 1. The number of nitrogens with two attached hydrogens (primary N) is 1. The van der Waals surface area contributed by atoms with Crippen LogP contribution < -0.4 is 16.0 Å². The van der Waals surface area contributed by atoms with E-state index in [1.807, 2.05) is 16.8 Å². The normalized spacial score (nSPS) is 12.4. The minimum absolute atomic E-state index is 0.245. The van der Waals surface area contributed by atoms with Gasteiger partial charge in [0, 0.05) is 11.6 Å². The third-order valence-corrected chi connectivity index (χ3v) is 3.54. The van der Waals surface area contributed by atoms with Crippen LogP contribution in [0.15, 0.2) is 35.0 Å². The number of hydrazine groups is 1. The van der Waals surface area contributed by atoms with Gasteiger partial charge in [0.1, 0.15) is 11.6 Å². The third kappa shape index (κ3) is 2.87. The van der Waals surface area contributed by atoms with E-state index in [1.54, 1.807) is 23.5 Å². The molecule has 1 aromatic heterocycles. The lowest BCUT2D eigenvalue weighted by Crippen LogP contribution is -2.30. The molecular weight excluding hydrogens is 251 g/mol. The van der Waals surface area contributed by atoms with Gasteiger partial charge in [-0.25, -0.2) is 4.39 Å². The maximum Gasteiger partial charge on any atom is 0.131 e. The maximum absolute atomic E-state index is 13.9. The summed E-state index contributed by atoms with van der Waals surface area (Å²) in [6.45, 7) is 0. The van der Waals surface area contributed by atoms with Crippen LogP contribution in [0.3, 0.4) is 0 Å². The first-order valence-electron chi connectivity index (χ1n) is 5.55. The van der Waals surface area contributed by atoms with Gasteiger partial charge in [-0.1, -0.05) is 6.07 Å². The van der Waals surface area contributed by atoms with E-state index in [0.717, 1.165) is 5.56 Å². The van der Waals surface area contributed by atoms with Gasteiger partial charge in [0.25, 0.3) is 0 Å². The molecule has 2 aromatic rings. The first kappa shape index (κ1) is 13.0. The molecule has 0 amide bonds. The summed E-state index contributed by atoms with van der Waals surface area (Å²) >= 11 is 1.62. The molecule has 0 fully saturated rings. The summed E-state index contributed by atoms with van der Waals surface area (Å²) < 4.78 is 18.9. The van der Waals surface area contributed by atoms with E-state index in [2.05, 4.69) is 5.43 Å². The number of nitrogens with one attached hydrogen (secondary N) is 1. The average Bonchev–Trinajstić information content (AvgIpc) is 2.89. The van der Waals surface area contributed by atoms with Crippen LogP contribution >= 0.6 is 11.3 Å². The van der Waals surface area contributed by atoms with E-state index < -0.39 is 0 Å². The smallest absolute Gasteiger partial charge is 0.131 e. The molecule has 1 aromatic carbocycles. The topological polar surface area (TPSA) is 47.3 Å². The van der Waals surface area contributed by atoms with Gasteiger partial charge in [0.2, 0.25) is 0 Å². The summed E-state index contributed by atoms with van der Waals surface area (Å²) in [5.74, 6) is 5.71. The SMILES string of the molecule is COc1ccc(C(Cc2ccsc2)NN)c(F)c1. The molecule has 0 aliphatic heterocycles. The molecule has 1 heterocycles. The Morgan fingerprint density at radius 3 is 2.83 bits per heavy atom. The number of hydrogen-bond donors (Lipinski definition) is 2. The average molecular weight is 266 g/mol. The van der Waals surface area contributed by atoms with Crippen molar-refractivity contribution in [1.82, 2.24) is 5.43 Å². The Labute approximate surface area is 109 Å². The number of rotatable bonds is 5. The molecule has 0 saturated heterocycles. The molecule has 0 aliphatic rings. The molecule has 96 valence electrons. The van der Waals surface area contributed by atoms with Crippen molar-refractivity contribution < 1.29 is 9.13 Å². The Bertz CT molecular complexity index is 502. The summed E-state index contributed by atoms with van der Waals surface area (Å²) in [6, 6.07) is 6.57. The van der Waals surface area contributed by atoms with Crippen molar-refractivity contribution >= 4 is 11.3 Å². The van der Waals surface area contributed by atoms with E-state index >= 15 is 0 Å². The zero-order valence-electron chi connectivity index (χ0n) is 10.0. The molecule has 0 saturated carbocycles. The van der Waals surface area contributed by atoms with Crippen LogP contribution in [0.2, 0.25) is 0 Å². The van der Waals surface area contributed by atoms with Crippen molar-refractivity contribution in [3.63, 3.8) is 0 Å². The Morgan fingerprint density at radius 2 is 2.28 bits per heavy atom. The van der Waals surface area contributed by atoms with Gasteiger partial charge in [0.15, 0.2) is 0 Å². The summed E-state index contributed by atoms with van der Waals surface area (Å²) in [7, 11) is 1.51. The Kier molecular flexibility index (Phi) is 4.30. The van der Waals surface area contributed by atoms with Crippen LogP contribution in [0.1, 0.15) is 17.2 Å². The summed E-state index contributed by atoms with van der Waals surface area (Å²) in [6.07, 6.45) is 0.656. The summed E-state index contributed by atoms with van der Waals surface area (Å²) in [4.78, 5) is 0. The molecule has 5 heteroatoms. The molecule has 0 bridgehead atoms. The van der Waals surface area contributed by atoms with Gasteiger partial charge in [-0.15, -0.1) is 0 Å². The number of thiophene rings is 1. The predicted molar refractivity (Wildman–Crippen MR) is 71.0 cm³/mol. The number of hydrogen-bond acceptors (Lipinski definition) is 4.